The number of benzene rings is 2. The van der Waals surface area contributed by atoms with Gasteiger partial charge in [-0.25, -0.2) is 0 Å². The van der Waals surface area contributed by atoms with Gasteiger partial charge in [0, 0.05) is 10.0 Å². The van der Waals surface area contributed by atoms with Crippen molar-refractivity contribution in [3.8, 4) is 18.1 Å². The van der Waals surface area contributed by atoms with Crippen molar-refractivity contribution in [3.63, 3.8) is 0 Å². The van der Waals surface area contributed by atoms with Crippen LogP contribution in [0.1, 0.15) is 11.1 Å². The lowest BCUT2D eigenvalue weighted by molar-refractivity contribution is -0.122. The molecule has 0 N–H and O–H groups in total. The summed E-state index contributed by atoms with van der Waals surface area (Å²) in [6.07, 6.45) is 6.88. The van der Waals surface area contributed by atoms with Gasteiger partial charge >= 0.3 is 0 Å². The molecule has 3 rings (SSSR count). The second-order valence-electron chi connectivity index (χ2n) is 5.43. The molecule has 0 atom stereocenters. The van der Waals surface area contributed by atoms with Crippen LogP contribution in [0.15, 0.2) is 57.9 Å². The fraction of sp³-hybridized carbons (Fsp3) is 0.100. The van der Waals surface area contributed by atoms with Gasteiger partial charge in [-0.2, -0.15) is 0 Å². The van der Waals surface area contributed by atoms with Crippen LogP contribution in [0, 0.1) is 12.3 Å². The minimum atomic E-state index is -0.382. The normalized spacial score (nSPS) is 15.4. The molecular weight excluding hydrogens is 414 g/mol. The van der Waals surface area contributed by atoms with Gasteiger partial charge in [0.25, 0.3) is 11.1 Å². The largest absolute Gasteiger partial charge is 0.488 e. The first-order chi connectivity index (χ1) is 12.6. The molecule has 2 aromatic carbocycles. The van der Waals surface area contributed by atoms with E-state index in [0.717, 1.165) is 26.7 Å². The summed E-state index contributed by atoms with van der Waals surface area (Å²) in [5.41, 5.74) is 1.75. The smallest absolute Gasteiger partial charge is 0.294 e. The summed E-state index contributed by atoms with van der Waals surface area (Å²) in [5, 5.41) is -0.360. The van der Waals surface area contributed by atoms with Crippen molar-refractivity contribution < 1.29 is 14.3 Å². The van der Waals surface area contributed by atoms with Crippen LogP contribution in [0.25, 0.3) is 6.08 Å². The number of nitrogens with zero attached hydrogens (tertiary/aromatic N) is 1. The molecule has 0 spiro atoms. The number of terminal acetylenes is 1. The first kappa shape index (κ1) is 18.3. The minimum absolute atomic E-state index is 0.0299. The summed E-state index contributed by atoms with van der Waals surface area (Å²) in [6.45, 7) is 0.375. The summed E-state index contributed by atoms with van der Waals surface area (Å²) >= 11 is 4.30. The van der Waals surface area contributed by atoms with Gasteiger partial charge in [-0.1, -0.05) is 52.2 Å². The van der Waals surface area contributed by atoms with Crippen LogP contribution in [0.3, 0.4) is 0 Å². The highest BCUT2D eigenvalue weighted by molar-refractivity contribution is 9.10. The maximum atomic E-state index is 12.4. The monoisotopic (exact) mass is 427 g/mol. The van der Waals surface area contributed by atoms with Crippen LogP contribution >= 0.6 is 27.7 Å². The fourth-order valence-corrected chi connectivity index (χ4v) is 3.58. The van der Waals surface area contributed by atoms with E-state index in [4.69, 9.17) is 11.2 Å². The summed E-state index contributed by atoms with van der Waals surface area (Å²) < 4.78 is 6.75. The second-order valence-corrected chi connectivity index (χ2v) is 7.34. The summed E-state index contributed by atoms with van der Waals surface area (Å²) in [4.78, 5) is 25.7. The highest BCUT2D eigenvalue weighted by Crippen LogP contribution is 2.34. The van der Waals surface area contributed by atoms with Crippen molar-refractivity contribution in [2.45, 2.75) is 6.61 Å². The molecule has 1 aliphatic rings. The molecule has 0 unspecified atom stereocenters. The molecule has 2 amide bonds. The first-order valence-electron chi connectivity index (χ1n) is 7.73. The average molecular weight is 428 g/mol. The summed E-state index contributed by atoms with van der Waals surface area (Å²) in [7, 11) is 0. The molecule has 26 heavy (non-hydrogen) atoms. The van der Waals surface area contributed by atoms with Gasteiger partial charge in [-0.3, -0.25) is 14.5 Å². The van der Waals surface area contributed by atoms with E-state index in [1.165, 1.54) is 0 Å². The van der Waals surface area contributed by atoms with E-state index in [1.54, 1.807) is 6.08 Å². The van der Waals surface area contributed by atoms with Crippen LogP contribution < -0.4 is 4.74 Å². The Morgan fingerprint density at radius 1 is 1.19 bits per heavy atom. The highest BCUT2D eigenvalue weighted by Gasteiger charge is 2.34. The molecule has 1 aliphatic heterocycles. The Morgan fingerprint density at radius 3 is 2.69 bits per heavy atom. The number of rotatable bonds is 5. The van der Waals surface area contributed by atoms with Gasteiger partial charge in [-0.15, -0.1) is 6.42 Å². The zero-order valence-corrected chi connectivity index (χ0v) is 16.0. The third-order valence-corrected chi connectivity index (χ3v) is 5.02. The van der Waals surface area contributed by atoms with Gasteiger partial charge in [0.15, 0.2) is 0 Å². The molecule has 1 heterocycles. The van der Waals surface area contributed by atoms with Crippen molar-refractivity contribution in [2.75, 3.05) is 6.54 Å². The van der Waals surface area contributed by atoms with Crippen molar-refractivity contribution in [3.05, 3.63) is 69.0 Å². The topological polar surface area (TPSA) is 46.6 Å². The lowest BCUT2D eigenvalue weighted by Crippen LogP contribution is -2.28. The van der Waals surface area contributed by atoms with E-state index in [9.17, 15) is 9.59 Å². The predicted molar refractivity (Wildman–Crippen MR) is 106 cm³/mol. The molecule has 0 bridgehead atoms. The molecular formula is C20H14BrNO3S. The van der Waals surface area contributed by atoms with Crippen molar-refractivity contribution in [1.29, 1.82) is 0 Å². The molecule has 0 aromatic heterocycles. The maximum Gasteiger partial charge on any atom is 0.294 e. The predicted octanol–water partition coefficient (Wildman–Crippen LogP) is 4.70. The quantitative estimate of drug-likeness (QED) is 0.512. The van der Waals surface area contributed by atoms with E-state index >= 15 is 0 Å². The molecule has 2 aromatic rings. The van der Waals surface area contributed by atoms with Crippen molar-refractivity contribution >= 4 is 44.9 Å². The van der Waals surface area contributed by atoms with Gasteiger partial charge in [0.1, 0.15) is 12.4 Å². The molecule has 130 valence electrons. The molecule has 4 nitrogen and oxygen atoms in total. The Kier molecular flexibility index (Phi) is 5.82. The van der Waals surface area contributed by atoms with Crippen LogP contribution in [-0.2, 0) is 11.4 Å². The highest BCUT2D eigenvalue weighted by atomic mass is 79.9. The molecule has 6 heteroatoms. The SMILES string of the molecule is C#CCN1C(=O)S/C(=C\c2cc(Br)ccc2OCc2ccccc2)C1=O. The second kappa shape index (κ2) is 8.26. The van der Waals surface area contributed by atoms with E-state index in [1.807, 2.05) is 48.5 Å². The zero-order valence-electron chi connectivity index (χ0n) is 13.6. The van der Waals surface area contributed by atoms with Crippen LogP contribution in [-0.4, -0.2) is 22.6 Å². The number of ether oxygens (including phenoxy) is 1. The number of carbonyl (C=O) groups is 2. The number of imide groups is 1. The first-order valence-corrected chi connectivity index (χ1v) is 9.34. The zero-order chi connectivity index (χ0) is 18.5. The number of hydrogen-bond donors (Lipinski definition) is 0. The van der Waals surface area contributed by atoms with Crippen molar-refractivity contribution in [1.82, 2.24) is 4.90 Å². The number of halogens is 1. The summed E-state index contributed by atoms with van der Waals surface area (Å²) in [5.74, 6) is 2.57. The van der Waals surface area contributed by atoms with Crippen LogP contribution in [0.5, 0.6) is 5.75 Å². The summed E-state index contributed by atoms with van der Waals surface area (Å²) in [6, 6.07) is 15.3. The Balaban J connectivity index is 1.85. The maximum absolute atomic E-state index is 12.4. The van der Waals surface area contributed by atoms with E-state index in [-0.39, 0.29) is 17.7 Å². The number of carbonyl (C=O) groups excluding carboxylic acids is 2. The third-order valence-electron chi connectivity index (χ3n) is 3.62. The lowest BCUT2D eigenvalue weighted by atomic mass is 10.1. The molecule has 1 fully saturated rings. The molecule has 1 saturated heterocycles. The van der Waals surface area contributed by atoms with Crippen LogP contribution in [0.4, 0.5) is 4.79 Å². The lowest BCUT2D eigenvalue weighted by Gasteiger charge is -2.10. The number of amides is 2. The Bertz CT molecular complexity index is 918. The molecule has 0 aliphatic carbocycles. The average Bonchev–Trinajstić information content (AvgIpc) is 2.90. The van der Waals surface area contributed by atoms with E-state index in [0.29, 0.717) is 22.8 Å². The fourth-order valence-electron chi connectivity index (χ4n) is 2.37. The van der Waals surface area contributed by atoms with Gasteiger partial charge in [-0.05, 0) is 41.6 Å². The Morgan fingerprint density at radius 2 is 1.96 bits per heavy atom. The van der Waals surface area contributed by atoms with Gasteiger partial charge in [0.2, 0.25) is 0 Å². The molecule has 0 saturated carbocycles. The van der Waals surface area contributed by atoms with Gasteiger partial charge < -0.3 is 4.74 Å². The van der Waals surface area contributed by atoms with E-state index < -0.39 is 0 Å². The minimum Gasteiger partial charge on any atom is -0.488 e. The van der Waals surface area contributed by atoms with E-state index in [2.05, 4.69) is 21.9 Å². The third kappa shape index (κ3) is 4.18. The molecule has 0 radical (unpaired) electrons. The number of hydrogen-bond acceptors (Lipinski definition) is 4. The standard InChI is InChI=1S/C20H14BrNO3S/c1-2-10-22-19(23)18(26-20(22)24)12-15-11-16(21)8-9-17(15)25-13-14-6-4-3-5-7-14/h1,3-9,11-12H,10,13H2/b18-12-. The van der Waals surface area contributed by atoms with Crippen LogP contribution in [0.2, 0.25) is 0 Å². The van der Waals surface area contributed by atoms with Crippen molar-refractivity contribution in [2.24, 2.45) is 0 Å². The Hall–Kier alpha value is -2.49. The Labute approximate surface area is 164 Å². The van der Waals surface area contributed by atoms with Gasteiger partial charge in [0.05, 0.1) is 11.4 Å². The number of thioether (sulfide) groups is 1.